The quantitative estimate of drug-likeness (QED) is 0.283. The summed E-state index contributed by atoms with van der Waals surface area (Å²) in [6.07, 6.45) is 6.13. The summed E-state index contributed by atoms with van der Waals surface area (Å²) in [4.78, 5) is 22.5. The van der Waals surface area contributed by atoms with Crippen molar-refractivity contribution in [3.05, 3.63) is 70.6 Å². The summed E-state index contributed by atoms with van der Waals surface area (Å²) in [6, 6.07) is 12.0. The number of carbonyl (C=O) groups is 1. The number of aromatic nitrogens is 4. The number of aliphatic imine (C=N–C) groups is 1. The number of fused-ring (bicyclic) bond motifs is 6. The van der Waals surface area contributed by atoms with Crippen LogP contribution in [0.25, 0.3) is 33.1 Å². The lowest BCUT2D eigenvalue weighted by atomic mass is 9.83. The number of nitrogens with zero attached hydrogens (tertiary/aromatic N) is 4. The summed E-state index contributed by atoms with van der Waals surface area (Å²) < 4.78 is 5.41. The van der Waals surface area contributed by atoms with Gasteiger partial charge in [0, 0.05) is 40.1 Å². The molecule has 2 amide bonds. The van der Waals surface area contributed by atoms with Crippen LogP contribution in [0.2, 0.25) is 0 Å². The predicted octanol–water partition coefficient (Wildman–Crippen LogP) is 5.68. The first-order valence-electron chi connectivity index (χ1n) is 13.3. The standard InChI is InChI=1S/C30H29N7O2/c1-30(2,3)25-12-26(37-39-25)35-29(38)33-19-6-7-20-21(11-19)28(16-4-5-17-13-31-14-18(17)10-16)34-24-9-8-23-22(27(20)24)15-32-36-23/h4-5,8-10,12,14-15,19H,6-7,11,13H2,1-3H3,(H,32,36)(H2,33,35,37,38). The fourth-order valence-corrected chi connectivity index (χ4v) is 5.70. The Bertz CT molecular complexity index is 1790. The number of benzene rings is 2. The number of pyridine rings is 1. The molecular weight excluding hydrogens is 490 g/mol. The number of aromatic amines is 1. The highest BCUT2D eigenvalue weighted by Gasteiger charge is 2.28. The average molecular weight is 520 g/mol. The van der Waals surface area contributed by atoms with E-state index in [1.807, 2.05) is 39.2 Å². The molecule has 9 nitrogen and oxygen atoms in total. The van der Waals surface area contributed by atoms with Crippen molar-refractivity contribution in [2.45, 2.75) is 58.0 Å². The van der Waals surface area contributed by atoms with Crippen molar-refractivity contribution in [3.63, 3.8) is 0 Å². The lowest BCUT2D eigenvalue weighted by molar-refractivity contribution is 0.247. The van der Waals surface area contributed by atoms with E-state index < -0.39 is 0 Å². The molecule has 2 aliphatic rings. The van der Waals surface area contributed by atoms with Crippen LogP contribution in [0.4, 0.5) is 10.6 Å². The van der Waals surface area contributed by atoms with Crippen molar-refractivity contribution in [3.8, 4) is 11.3 Å². The zero-order valence-electron chi connectivity index (χ0n) is 22.1. The third-order valence-corrected chi connectivity index (χ3v) is 7.72. The molecule has 1 unspecified atom stereocenters. The summed E-state index contributed by atoms with van der Waals surface area (Å²) in [5.41, 5.74) is 8.60. The molecule has 9 heteroatoms. The van der Waals surface area contributed by atoms with Gasteiger partial charge in [-0.05, 0) is 59.7 Å². The van der Waals surface area contributed by atoms with E-state index in [0.29, 0.717) is 12.2 Å². The lowest BCUT2D eigenvalue weighted by Gasteiger charge is -2.28. The number of hydrogen-bond acceptors (Lipinski definition) is 6. The maximum Gasteiger partial charge on any atom is 0.320 e. The van der Waals surface area contributed by atoms with Crippen LogP contribution in [0.15, 0.2) is 52.1 Å². The molecule has 1 aliphatic heterocycles. The topological polar surface area (TPSA) is 121 Å². The Hall–Kier alpha value is -4.53. The van der Waals surface area contributed by atoms with Gasteiger partial charge in [-0.1, -0.05) is 38.1 Å². The summed E-state index contributed by atoms with van der Waals surface area (Å²) >= 11 is 0. The molecule has 0 saturated heterocycles. The summed E-state index contributed by atoms with van der Waals surface area (Å²) in [5.74, 6) is 1.13. The summed E-state index contributed by atoms with van der Waals surface area (Å²) in [5, 5.41) is 19.6. The fourth-order valence-electron chi connectivity index (χ4n) is 5.70. The monoisotopic (exact) mass is 519 g/mol. The van der Waals surface area contributed by atoms with Gasteiger partial charge in [-0.15, -0.1) is 0 Å². The Morgan fingerprint density at radius 3 is 2.87 bits per heavy atom. The fraction of sp³-hybridized carbons (Fsp3) is 0.300. The molecule has 0 spiro atoms. The molecule has 196 valence electrons. The van der Waals surface area contributed by atoms with Crippen LogP contribution in [0.1, 0.15) is 55.2 Å². The minimum atomic E-state index is -0.293. The summed E-state index contributed by atoms with van der Waals surface area (Å²) in [7, 11) is 0. The van der Waals surface area contributed by atoms with E-state index in [-0.39, 0.29) is 17.5 Å². The number of hydrogen-bond donors (Lipinski definition) is 3. The van der Waals surface area contributed by atoms with E-state index in [4.69, 9.17) is 9.51 Å². The first-order chi connectivity index (χ1) is 18.8. The lowest BCUT2D eigenvalue weighted by Crippen LogP contribution is -2.41. The third kappa shape index (κ3) is 4.14. The SMILES string of the molecule is CC(C)(C)c1cc(NC(=O)NC2CCc3c(c(-c4ccc5c(c4)C=NC5)nc4ccc5[nH]ncc5c34)C2)no1. The van der Waals surface area contributed by atoms with Gasteiger partial charge >= 0.3 is 6.03 Å². The maximum atomic E-state index is 12.9. The van der Waals surface area contributed by atoms with Crippen LogP contribution < -0.4 is 10.6 Å². The largest absolute Gasteiger partial charge is 0.359 e. The molecule has 1 atom stereocenters. The van der Waals surface area contributed by atoms with E-state index >= 15 is 0 Å². The zero-order valence-corrected chi connectivity index (χ0v) is 22.1. The Morgan fingerprint density at radius 2 is 2.03 bits per heavy atom. The van der Waals surface area contributed by atoms with Crippen molar-refractivity contribution in [2.75, 3.05) is 5.32 Å². The zero-order chi connectivity index (χ0) is 26.7. The van der Waals surface area contributed by atoms with Gasteiger partial charge in [0.1, 0.15) is 5.76 Å². The Morgan fingerprint density at radius 1 is 1.13 bits per heavy atom. The Labute approximate surface area is 225 Å². The van der Waals surface area contributed by atoms with Crippen LogP contribution in [0.5, 0.6) is 0 Å². The number of amides is 2. The highest BCUT2D eigenvalue weighted by molar-refractivity contribution is 6.08. The van der Waals surface area contributed by atoms with E-state index in [9.17, 15) is 4.79 Å². The van der Waals surface area contributed by atoms with Gasteiger partial charge in [0.2, 0.25) is 0 Å². The first kappa shape index (κ1) is 23.6. The number of nitrogens with one attached hydrogen (secondary N) is 3. The predicted molar refractivity (Wildman–Crippen MR) is 151 cm³/mol. The van der Waals surface area contributed by atoms with Gasteiger partial charge in [0.05, 0.1) is 29.5 Å². The number of anilines is 1. The number of carbonyl (C=O) groups excluding carboxylic acids is 1. The van der Waals surface area contributed by atoms with E-state index in [1.165, 1.54) is 16.7 Å². The second-order valence-electron chi connectivity index (χ2n) is 11.5. The average Bonchev–Trinajstić information content (AvgIpc) is 3.67. The minimum absolute atomic E-state index is 0.0518. The maximum absolute atomic E-state index is 12.9. The second kappa shape index (κ2) is 8.76. The third-order valence-electron chi connectivity index (χ3n) is 7.72. The van der Waals surface area contributed by atoms with E-state index in [2.05, 4.69) is 55.2 Å². The van der Waals surface area contributed by atoms with Crippen molar-refractivity contribution in [1.29, 1.82) is 0 Å². The molecule has 3 N–H and O–H groups in total. The molecule has 0 saturated carbocycles. The van der Waals surface area contributed by atoms with Crippen LogP contribution in [-0.2, 0) is 24.8 Å². The summed E-state index contributed by atoms with van der Waals surface area (Å²) in [6.45, 7) is 6.84. The van der Waals surface area contributed by atoms with Crippen molar-refractivity contribution >= 4 is 39.9 Å². The number of urea groups is 1. The van der Waals surface area contributed by atoms with Crippen LogP contribution in [0, 0.1) is 0 Å². The molecule has 1 aliphatic carbocycles. The van der Waals surface area contributed by atoms with Gasteiger partial charge in [0.25, 0.3) is 0 Å². The molecule has 0 fully saturated rings. The van der Waals surface area contributed by atoms with E-state index in [1.54, 1.807) is 6.07 Å². The molecule has 7 rings (SSSR count). The van der Waals surface area contributed by atoms with Crippen LogP contribution in [-0.4, -0.2) is 38.6 Å². The van der Waals surface area contributed by atoms with Crippen LogP contribution in [0.3, 0.4) is 0 Å². The molecule has 2 aromatic carbocycles. The van der Waals surface area contributed by atoms with Gasteiger partial charge in [0.15, 0.2) is 5.82 Å². The second-order valence-corrected chi connectivity index (χ2v) is 11.5. The minimum Gasteiger partial charge on any atom is -0.359 e. The van der Waals surface area contributed by atoms with E-state index in [0.717, 1.165) is 63.8 Å². The molecule has 39 heavy (non-hydrogen) atoms. The Balaban J connectivity index is 1.24. The highest BCUT2D eigenvalue weighted by Crippen LogP contribution is 2.38. The molecular formula is C30H29N7O2. The van der Waals surface area contributed by atoms with Crippen LogP contribution >= 0.6 is 0 Å². The number of H-pyrrole nitrogens is 1. The first-order valence-corrected chi connectivity index (χ1v) is 13.3. The Kier molecular flexibility index (Phi) is 5.30. The van der Waals surface area contributed by atoms with Crippen molar-refractivity contribution in [2.24, 2.45) is 4.99 Å². The molecule has 5 aromatic rings. The molecule has 0 radical (unpaired) electrons. The number of aryl methyl sites for hydroxylation is 1. The van der Waals surface area contributed by atoms with Gasteiger partial charge in [-0.2, -0.15) is 5.10 Å². The molecule has 3 aromatic heterocycles. The number of rotatable bonds is 3. The van der Waals surface area contributed by atoms with Crippen molar-refractivity contribution in [1.82, 2.24) is 25.7 Å². The normalized spacial score (nSPS) is 16.4. The highest BCUT2D eigenvalue weighted by atomic mass is 16.5. The smallest absolute Gasteiger partial charge is 0.320 e. The molecule has 0 bridgehead atoms. The van der Waals surface area contributed by atoms with Gasteiger partial charge in [-0.3, -0.25) is 15.4 Å². The van der Waals surface area contributed by atoms with Crippen molar-refractivity contribution < 1.29 is 9.32 Å². The van der Waals surface area contributed by atoms with Gasteiger partial charge in [-0.25, -0.2) is 9.78 Å². The molecule has 4 heterocycles. The van der Waals surface area contributed by atoms with Gasteiger partial charge < -0.3 is 9.84 Å².